The van der Waals surface area contributed by atoms with Crippen LogP contribution < -0.4 is 5.32 Å². The van der Waals surface area contributed by atoms with E-state index in [0.717, 1.165) is 35.3 Å². The van der Waals surface area contributed by atoms with Gasteiger partial charge in [-0.25, -0.2) is 9.97 Å². The van der Waals surface area contributed by atoms with Crippen LogP contribution in [0.5, 0.6) is 0 Å². The van der Waals surface area contributed by atoms with Gasteiger partial charge in [-0.3, -0.25) is 4.79 Å². The number of thioether (sulfide) groups is 1. The number of aromatic nitrogens is 4. The highest BCUT2D eigenvalue weighted by Crippen LogP contribution is 2.36. The van der Waals surface area contributed by atoms with E-state index in [4.69, 9.17) is 16.0 Å². The van der Waals surface area contributed by atoms with Gasteiger partial charge in [0, 0.05) is 17.1 Å². The largest absolute Gasteiger partial charge is 0.417 e. The molecule has 0 aliphatic carbocycles. The van der Waals surface area contributed by atoms with Crippen molar-refractivity contribution in [2.45, 2.75) is 30.5 Å². The van der Waals surface area contributed by atoms with Crippen molar-refractivity contribution in [2.24, 2.45) is 0 Å². The number of rotatable bonds is 6. The molecule has 2 aromatic heterocycles. The van der Waals surface area contributed by atoms with Crippen LogP contribution in [0, 0.1) is 13.8 Å². The van der Waals surface area contributed by atoms with E-state index in [-0.39, 0.29) is 22.6 Å². The zero-order valence-electron chi connectivity index (χ0n) is 16.1. The number of halogens is 4. The zero-order chi connectivity index (χ0) is 22.8. The maximum atomic E-state index is 12.9. The molecule has 1 unspecified atom stereocenters. The first-order valence-electron chi connectivity index (χ1n) is 8.66. The number of amides is 1. The topological polar surface area (TPSA) is 93.8 Å². The Hall–Kier alpha value is -2.31. The van der Waals surface area contributed by atoms with Crippen molar-refractivity contribution in [3.63, 3.8) is 0 Å². The van der Waals surface area contributed by atoms with Crippen LogP contribution in [0.15, 0.2) is 33.9 Å². The molecule has 0 aliphatic heterocycles. The van der Waals surface area contributed by atoms with Crippen LogP contribution in [0.1, 0.15) is 33.9 Å². The molecule has 0 saturated carbocycles. The summed E-state index contributed by atoms with van der Waals surface area (Å²) in [6, 6.07) is 4.93. The van der Waals surface area contributed by atoms with Crippen molar-refractivity contribution in [3.8, 4) is 0 Å². The summed E-state index contributed by atoms with van der Waals surface area (Å²) in [5, 5.41) is 9.11. The van der Waals surface area contributed by atoms with Crippen molar-refractivity contribution < 1.29 is 22.4 Å². The smallest absolute Gasteiger partial charge is 0.414 e. The van der Waals surface area contributed by atoms with Crippen LogP contribution >= 0.6 is 36.0 Å². The van der Waals surface area contributed by atoms with Crippen molar-refractivity contribution in [1.29, 1.82) is 0 Å². The Morgan fingerprint density at radius 3 is 2.55 bits per heavy atom. The zero-order valence-corrected chi connectivity index (χ0v) is 18.5. The molecule has 0 radical (unpaired) electrons. The van der Waals surface area contributed by atoms with Crippen molar-refractivity contribution in [1.82, 2.24) is 20.2 Å². The number of carbonyl (C=O) groups is 1. The van der Waals surface area contributed by atoms with E-state index in [1.54, 1.807) is 0 Å². The predicted molar refractivity (Wildman–Crippen MR) is 112 cm³/mol. The number of thiol groups is 1. The molecule has 0 spiro atoms. The summed E-state index contributed by atoms with van der Waals surface area (Å²) in [6.07, 6.45) is -4.63. The maximum absolute atomic E-state index is 12.9. The van der Waals surface area contributed by atoms with Crippen molar-refractivity contribution in [2.75, 3.05) is 11.1 Å². The molecule has 1 atom stereocenters. The Bertz CT molecular complexity index is 1090. The second kappa shape index (κ2) is 9.45. The molecule has 1 N–H and O–H groups in total. The molecule has 3 aromatic rings. The lowest BCUT2D eigenvalue weighted by Gasteiger charge is -2.11. The fourth-order valence-electron chi connectivity index (χ4n) is 2.52. The molecule has 164 valence electrons. The van der Waals surface area contributed by atoms with Crippen LogP contribution in [-0.2, 0) is 11.0 Å². The van der Waals surface area contributed by atoms with Crippen LogP contribution in [0.4, 0.5) is 18.9 Å². The van der Waals surface area contributed by atoms with E-state index >= 15 is 0 Å². The minimum absolute atomic E-state index is 0.0315. The summed E-state index contributed by atoms with van der Waals surface area (Å²) in [4.78, 5) is 20.7. The van der Waals surface area contributed by atoms with Gasteiger partial charge in [0.1, 0.15) is 5.25 Å². The summed E-state index contributed by atoms with van der Waals surface area (Å²) in [7, 11) is 0. The van der Waals surface area contributed by atoms with Gasteiger partial charge in [-0.15, -0.1) is 10.2 Å². The molecule has 0 aliphatic rings. The fraction of sp³-hybridized carbons (Fsp3) is 0.278. The normalized spacial score (nSPS) is 12.6. The molecule has 0 bridgehead atoms. The first-order valence-corrected chi connectivity index (χ1v) is 10.5. The van der Waals surface area contributed by atoms with Gasteiger partial charge >= 0.3 is 6.18 Å². The van der Waals surface area contributed by atoms with E-state index in [9.17, 15) is 18.0 Å². The number of hydrogen-bond donors (Lipinski definition) is 2. The lowest BCUT2D eigenvalue weighted by molar-refractivity contribution is -0.137. The van der Waals surface area contributed by atoms with Gasteiger partial charge in [-0.1, -0.05) is 23.4 Å². The van der Waals surface area contributed by atoms with E-state index in [1.807, 2.05) is 19.9 Å². The second-order valence-corrected chi connectivity index (χ2v) is 8.20. The highest BCUT2D eigenvalue weighted by atomic mass is 35.5. The maximum Gasteiger partial charge on any atom is 0.417 e. The molecule has 2 heterocycles. The molecule has 3 rings (SSSR count). The van der Waals surface area contributed by atoms with E-state index in [1.165, 1.54) is 6.07 Å². The summed E-state index contributed by atoms with van der Waals surface area (Å²) in [5.41, 5.74) is 0.469. The number of anilines is 1. The molecular formula is C18H15ClF3N5O2S2. The third-order valence-corrected chi connectivity index (χ3v) is 5.38. The van der Waals surface area contributed by atoms with Gasteiger partial charge in [-0.05, 0) is 38.1 Å². The van der Waals surface area contributed by atoms with Gasteiger partial charge in [0.05, 0.1) is 16.3 Å². The first-order chi connectivity index (χ1) is 14.5. The van der Waals surface area contributed by atoms with Crippen LogP contribution in [0.2, 0.25) is 5.02 Å². The predicted octanol–water partition coefficient (Wildman–Crippen LogP) is 4.90. The number of carbonyl (C=O) groups excluding carboxylic acids is 1. The second-order valence-electron chi connectivity index (χ2n) is 6.35. The Labute approximate surface area is 189 Å². The summed E-state index contributed by atoms with van der Waals surface area (Å²) in [6.45, 7) is 3.65. The Morgan fingerprint density at radius 1 is 1.23 bits per heavy atom. The van der Waals surface area contributed by atoms with E-state index in [2.05, 4.69) is 38.1 Å². The number of nitrogens with zero attached hydrogens (tertiary/aromatic N) is 4. The minimum atomic E-state index is -4.63. The van der Waals surface area contributed by atoms with Crippen LogP contribution in [-0.4, -0.2) is 31.8 Å². The SMILES string of the molecule is Cc1cc(C)nc(C(S)c2nnc(SCC(=O)Nc3ccc(Cl)c(C(F)(F)F)c3)o2)n1. The molecular weight excluding hydrogens is 475 g/mol. The number of benzene rings is 1. The quantitative estimate of drug-likeness (QED) is 0.375. The molecule has 1 amide bonds. The van der Waals surface area contributed by atoms with Gasteiger partial charge in [0.2, 0.25) is 11.8 Å². The Kier molecular flexibility index (Phi) is 7.12. The standard InChI is InChI=1S/C18H15ClF3N5O2S2/c1-8-5-9(2)24-15(23-8)14(30)16-26-27-17(29-16)31-7-13(28)25-10-3-4-12(19)11(6-10)18(20,21)22/h3-6,14,30H,7H2,1-2H3,(H,25,28). The van der Waals surface area contributed by atoms with Crippen molar-refractivity contribution in [3.05, 3.63) is 58.0 Å². The third-order valence-electron chi connectivity index (χ3n) is 3.78. The van der Waals surface area contributed by atoms with Gasteiger partial charge in [-0.2, -0.15) is 25.8 Å². The fourth-order valence-corrected chi connectivity index (χ4v) is 3.53. The first kappa shape index (κ1) is 23.4. The molecule has 0 fully saturated rings. The minimum Gasteiger partial charge on any atom is -0.414 e. The molecule has 31 heavy (non-hydrogen) atoms. The van der Waals surface area contributed by atoms with E-state index in [0.29, 0.717) is 5.82 Å². The lowest BCUT2D eigenvalue weighted by Crippen LogP contribution is -2.15. The highest BCUT2D eigenvalue weighted by Gasteiger charge is 2.33. The molecule has 1 aromatic carbocycles. The van der Waals surface area contributed by atoms with Gasteiger partial charge < -0.3 is 9.73 Å². The Morgan fingerprint density at radius 2 is 1.90 bits per heavy atom. The molecule has 13 heteroatoms. The molecule has 7 nitrogen and oxygen atoms in total. The average molecular weight is 490 g/mol. The average Bonchev–Trinajstić information content (AvgIpc) is 3.14. The van der Waals surface area contributed by atoms with Crippen molar-refractivity contribution >= 4 is 47.6 Å². The van der Waals surface area contributed by atoms with Gasteiger partial charge in [0.25, 0.3) is 5.22 Å². The molecule has 0 saturated heterocycles. The van der Waals surface area contributed by atoms with Crippen LogP contribution in [0.3, 0.4) is 0 Å². The highest BCUT2D eigenvalue weighted by molar-refractivity contribution is 7.99. The summed E-state index contributed by atoms with van der Waals surface area (Å²) >= 11 is 10.9. The third kappa shape index (κ3) is 6.11. The number of aryl methyl sites for hydroxylation is 2. The monoisotopic (exact) mass is 489 g/mol. The van der Waals surface area contributed by atoms with Gasteiger partial charge in [0.15, 0.2) is 5.82 Å². The number of nitrogens with one attached hydrogen (secondary N) is 1. The van der Waals surface area contributed by atoms with Crippen LogP contribution in [0.25, 0.3) is 0 Å². The number of alkyl halides is 3. The lowest BCUT2D eigenvalue weighted by atomic mass is 10.2. The summed E-state index contributed by atoms with van der Waals surface area (Å²) in [5.74, 6) is -0.158. The summed E-state index contributed by atoms with van der Waals surface area (Å²) < 4.78 is 44.3. The Balaban J connectivity index is 1.61. The van der Waals surface area contributed by atoms with E-state index < -0.39 is 27.9 Å². The number of hydrogen-bond acceptors (Lipinski definition) is 8.